The van der Waals surface area contributed by atoms with Gasteiger partial charge in [0.05, 0.1) is 17.9 Å². The quantitative estimate of drug-likeness (QED) is 0.695. The van der Waals surface area contributed by atoms with Gasteiger partial charge in [0.1, 0.15) is 17.2 Å². The summed E-state index contributed by atoms with van der Waals surface area (Å²) in [6.45, 7) is 7.55. The highest BCUT2D eigenvalue weighted by molar-refractivity contribution is 7.18. The molecule has 1 saturated heterocycles. The van der Waals surface area contributed by atoms with Gasteiger partial charge in [-0.25, -0.2) is 4.98 Å². The van der Waals surface area contributed by atoms with Crippen molar-refractivity contribution in [3.8, 4) is 0 Å². The molecular formula is C22H29N3O4S. The molecule has 2 aromatic rings. The van der Waals surface area contributed by atoms with Crippen LogP contribution in [0.4, 0.5) is 0 Å². The van der Waals surface area contributed by atoms with E-state index in [9.17, 15) is 14.4 Å². The van der Waals surface area contributed by atoms with Crippen molar-refractivity contribution in [2.45, 2.75) is 65.3 Å². The van der Waals surface area contributed by atoms with Gasteiger partial charge in [-0.1, -0.05) is 6.92 Å². The first-order valence-corrected chi connectivity index (χ1v) is 11.7. The van der Waals surface area contributed by atoms with Crippen LogP contribution in [0.15, 0.2) is 4.79 Å². The minimum absolute atomic E-state index is 0.00329. The summed E-state index contributed by atoms with van der Waals surface area (Å²) >= 11 is 1.50. The van der Waals surface area contributed by atoms with E-state index in [4.69, 9.17) is 4.74 Å². The highest BCUT2D eigenvalue weighted by atomic mass is 32.1. The fourth-order valence-electron chi connectivity index (χ4n) is 4.58. The van der Waals surface area contributed by atoms with Gasteiger partial charge in [0.2, 0.25) is 5.91 Å². The van der Waals surface area contributed by atoms with Gasteiger partial charge in [-0.15, -0.1) is 11.3 Å². The molecule has 7 nitrogen and oxygen atoms in total. The summed E-state index contributed by atoms with van der Waals surface area (Å²) in [5, 5.41) is 0.499. The van der Waals surface area contributed by atoms with Crippen LogP contribution in [0.5, 0.6) is 0 Å². The van der Waals surface area contributed by atoms with E-state index in [1.165, 1.54) is 15.9 Å². The molecular weight excluding hydrogens is 402 g/mol. The van der Waals surface area contributed by atoms with Crippen LogP contribution in [0.3, 0.4) is 0 Å². The van der Waals surface area contributed by atoms with Crippen LogP contribution in [-0.2, 0) is 27.3 Å². The summed E-state index contributed by atoms with van der Waals surface area (Å²) < 4.78 is 6.76. The Morgan fingerprint density at radius 3 is 2.67 bits per heavy atom. The summed E-state index contributed by atoms with van der Waals surface area (Å²) in [7, 11) is 0. The average Bonchev–Trinajstić information content (AvgIpc) is 3.09. The normalized spacial score (nSPS) is 19.7. The van der Waals surface area contributed by atoms with Crippen molar-refractivity contribution < 1.29 is 14.3 Å². The van der Waals surface area contributed by atoms with Crippen LogP contribution in [0, 0.1) is 12.8 Å². The van der Waals surface area contributed by atoms with Crippen LogP contribution in [0.25, 0.3) is 10.2 Å². The number of nitrogens with zero attached hydrogens (tertiary/aromatic N) is 3. The molecule has 3 heterocycles. The summed E-state index contributed by atoms with van der Waals surface area (Å²) in [5.74, 6) is 0.432. The predicted molar refractivity (Wildman–Crippen MR) is 116 cm³/mol. The van der Waals surface area contributed by atoms with Crippen LogP contribution in [0.1, 0.15) is 61.7 Å². The fraction of sp³-hybridized carbons (Fsp3) is 0.636. The highest BCUT2D eigenvalue weighted by Crippen LogP contribution is 2.41. The predicted octanol–water partition coefficient (Wildman–Crippen LogP) is 3.01. The molecule has 0 spiro atoms. The second-order valence-electron chi connectivity index (χ2n) is 8.43. The molecule has 1 unspecified atom stereocenters. The number of hydrogen-bond acceptors (Lipinski definition) is 6. The molecule has 0 bridgehead atoms. The Labute approximate surface area is 180 Å². The second kappa shape index (κ2) is 8.49. The van der Waals surface area contributed by atoms with E-state index in [1.807, 2.05) is 4.90 Å². The Bertz CT molecular complexity index is 1030. The number of rotatable bonds is 4. The summed E-state index contributed by atoms with van der Waals surface area (Å²) in [5.41, 5.74) is 0.565. The van der Waals surface area contributed by atoms with Crippen molar-refractivity contribution in [1.29, 1.82) is 0 Å². The van der Waals surface area contributed by atoms with E-state index in [0.29, 0.717) is 35.0 Å². The number of esters is 1. The molecule has 0 radical (unpaired) electrons. The van der Waals surface area contributed by atoms with Crippen LogP contribution in [0.2, 0.25) is 0 Å². The topological polar surface area (TPSA) is 81.5 Å². The lowest BCUT2D eigenvalue weighted by Gasteiger charge is -2.30. The number of aryl methyl sites for hydroxylation is 2. The average molecular weight is 432 g/mol. The van der Waals surface area contributed by atoms with Gasteiger partial charge in [0.15, 0.2) is 0 Å². The molecule has 1 fully saturated rings. The standard InChI is InChI=1S/C22H29N3O4S/c1-4-29-22(28)15-6-5-7-16-18(15)19-20(30-16)23-14(3)25(21(19)27)12-17(26)24-10-8-13(2)9-11-24/h13,15H,4-12H2,1-3H3. The number of carbonyl (C=O) groups is 2. The third-order valence-electron chi connectivity index (χ3n) is 6.36. The lowest BCUT2D eigenvalue weighted by atomic mass is 9.86. The number of hydrogen-bond donors (Lipinski definition) is 0. The Hall–Kier alpha value is -2.22. The van der Waals surface area contributed by atoms with Gasteiger partial charge in [-0.2, -0.15) is 0 Å². The molecule has 1 aliphatic heterocycles. The molecule has 8 heteroatoms. The largest absolute Gasteiger partial charge is 0.466 e. The lowest BCUT2D eigenvalue weighted by molar-refractivity contribution is -0.145. The SMILES string of the molecule is CCOC(=O)C1CCCc2sc3nc(C)n(CC(=O)N4CCC(C)CC4)c(=O)c3c21. The van der Waals surface area contributed by atoms with Crippen molar-refractivity contribution >= 4 is 33.4 Å². The lowest BCUT2D eigenvalue weighted by Crippen LogP contribution is -2.41. The van der Waals surface area contributed by atoms with Gasteiger partial charge in [-0.3, -0.25) is 19.0 Å². The fourth-order valence-corrected chi connectivity index (χ4v) is 5.89. The number of likely N-dealkylation sites (tertiary alicyclic amines) is 1. The van der Waals surface area contributed by atoms with Crippen molar-refractivity contribution in [1.82, 2.24) is 14.5 Å². The maximum Gasteiger partial charge on any atom is 0.313 e. The Balaban J connectivity index is 1.72. The molecule has 162 valence electrons. The van der Waals surface area contributed by atoms with Gasteiger partial charge >= 0.3 is 5.97 Å². The number of ether oxygens (including phenoxy) is 1. The highest BCUT2D eigenvalue weighted by Gasteiger charge is 2.33. The molecule has 4 rings (SSSR count). The first-order valence-electron chi connectivity index (χ1n) is 10.9. The second-order valence-corrected chi connectivity index (χ2v) is 9.51. The van der Waals surface area contributed by atoms with Crippen molar-refractivity contribution in [2.24, 2.45) is 5.92 Å². The first kappa shape index (κ1) is 21.0. The van der Waals surface area contributed by atoms with Crippen molar-refractivity contribution in [3.05, 3.63) is 26.6 Å². The minimum atomic E-state index is -0.424. The zero-order chi connectivity index (χ0) is 21.4. The summed E-state index contributed by atoms with van der Waals surface area (Å²) in [4.78, 5) is 47.1. The third-order valence-corrected chi connectivity index (χ3v) is 7.52. The van der Waals surface area contributed by atoms with E-state index >= 15 is 0 Å². The van der Waals surface area contributed by atoms with Gasteiger partial charge in [-0.05, 0) is 57.4 Å². The molecule has 0 N–H and O–H groups in total. The van der Waals surface area contributed by atoms with Gasteiger partial charge in [0.25, 0.3) is 5.56 Å². The van der Waals surface area contributed by atoms with Crippen molar-refractivity contribution in [3.63, 3.8) is 0 Å². The maximum absolute atomic E-state index is 13.5. The number of aromatic nitrogens is 2. The Morgan fingerprint density at radius 2 is 1.97 bits per heavy atom. The molecule has 1 aliphatic carbocycles. The third kappa shape index (κ3) is 3.77. The molecule has 0 aromatic carbocycles. The molecule has 0 saturated carbocycles. The van der Waals surface area contributed by atoms with Gasteiger partial charge in [0, 0.05) is 18.0 Å². The summed E-state index contributed by atoms with van der Waals surface area (Å²) in [6, 6.07) is 0. The van der Waals surface area contributed by atoms with E-state index < -0.39 is 5.92 Å². The zero-order valence-electron chi connectivity index (χ0n) is 17.9. The minimum Gasteiger partial charge on any atom is -0.466 e. The van der Waals surface area contributed by atoms with Gasteiger partial charge < -0.3 is 9.64 Å². The van der Waals surface area contributed by atoms with E-state index in [-0.39, 0.29) is 24.0 Å². The molecule has 1 atom stereocenters. The maximum atomic E-state index is 13.5. The van der Waals surface area contributed by atoms with E-state index in [2.05, 4.69) is 11.9 Å². The van der Waals surface area contributed by atoms with Crippen LogP contribution < -0.4 is 5.56 Å². The molecule has 1 amide bonds. The van der Waals surface area contributed by atoms with E-state index in [1.54, 1.807) is 13.8 Å². The molecule has 2 aliphatic rings. The number of piperidine rings is 1. The number of carbonyl (C=O) groups excluding carboxylic acids is 2. The van der Waals surface area contributed by atoms with Crippen LogP contribution in [-0.4, -0.2) is 46.0 Å². The number of thiophene rings is 1. The Kier molecular flexibility index (Phi) is 5.95. The van der Waals surface area contributed by atoms with E-state index in [0.717, 1.165) is 49.2 Å². The smallest absolute Gasteiger partial charge is 0.313 e. The molecule has 30 heavy (non-hydrogen) atoms. The first-order chi connectivity index (χ1) is 14.4. The molecule has 2 aromatic heterocycles. The number of fused-ring (bicyclic) bond motifs is 3. The van der Waals surface area contributed by atoms with Crippen LogP contribution >= 0.6 is 11.3 Å². The Morgan fingerprint density at radius 1 is 1.23 bits per heavy atom. The zero-order valence-corrected chi connectivity index (χ0v) is 18.7. The number of amides is 1. The monoisotopic (exact) mass is 431 g/mol. The summed E-state index contributed by atoms with van der Waals surface area (Å²) in [6.07, 6.45) is 4.40. The van der Waals surface area contributed by atoms with Crippen molar-refractivity contribution in [2.75, 3.05) is 19.7 Å².